The van der Waals surface area contributed by atoms with Crippen LogP contribution in [0.2, 0.25) is 0 Å². The molecule has 2 N–H and O–H groups in total. The molecule has 2 aromatic heterocycles. The number of carbonyl (C=O) groups is 1. The number of amides is 1. The lowest BCUT2D eigenvalue weighted by molar-refractivity contribution is 0.0945. The second-order valence-corrected chi connectivity index (χ2v) is 5.98. The molecular formula is C16H15N3O4S. The van der Waals surface area contributed by atoms with E-state index >= 15 is 0 Å². The van der Waals surface area contributed by atoms with E-state index in [0.29, 0.717) is 16.4 Å². The maximum absolute atomic E-state index is 12.5. The summed E-state index contributed by atoms with van der Waals surface area (Å²) in [5, 5.41) is 14.3. The largest absolute Gasteiger partial charge is 0.497 e. The summed E-state index contributed by atoms with van der Waals surface area (Å²) < 4.78 is 6.43. The van der Waals surface area contributed by atoms with Crippen molar-refractivity contribution >= 4 is 22.2 Å². The number of fused-ring (bicyclic) bond motifs is 1. The molecule has 0 aliphatic rings. The number of nitrogens with one attached hydrogen (secondary N) is 1. The van der Waals surface area contributed by atoms with Crippen LogP contribution in [0.5, 0.6) is 11.6 Å². The smallest absolute Gasteiger partial charge is 0.275 e. The van der Waals surface area contributed by atoms with Gasteiger partial charge in [0.15, 0.2) is 10.5 Å². The molecule has 3 aromatic rings. The van der Waals surface area contributed by atoms with E-state index in [1.54, 1.807) is 37.6 Å². The molecule has 124 valence electrons. The van der Waals surface area contributed by atoms with E-state index in [1.165, 1.54) is 15.7 Å². The predicted octanol–water partition coefficient (Wildman–Crippen LogP) is 1.71. The van der Waals surface area contributed by atoms with Crippen molar-refractivity contribution in [2.75, 3.05) is 7.11 Å². The third-order valence-corrected chi connectivity index (χ3v) is 4.48. The Morgan fingerprint density at radius 1 is 1.46 bits per heavy atom. The van der Waals surface area contributed by atoms with E-state index in [1.807, 2.05) is 6.07 Å². The summed E-state index contributed by atoms with van der Waals surface area (Å²) >= 11 is 1.22. The molecule has 0 radical (unpaired) electrons. The fourth-order valence-corrected chi connectivity index (χ4v) is 3.18. The minimum absolute atomic E-state index is 0.195. The van der Waals surface area contributed by atoms with E-state index in [0.717, 1.165) is 5.56 Å². The summed E-state index contributed by atoms with van der Waals surface area (Å²) in [6.07, 6.45) is 0. The van der Waals surface area contributed by atoms with Crippen LogP contribution in [0.3, 0.4) is 0 Å². The number of benzene rings is 1. The maximum Gasteiger partial charge on any atom is 0.275 e. The molecule has 24 heavy (non-hydrogen) atoms. The summed E-state index contributed by atoms with van der Waals surface area (Å²) in [5.74, 6) is -0.570. The normalized spacial score (nSPS) is 10.8. The van der Waals surface area contributed by atoms with Crippen molar-refractivity contribution in [3.05, 3.63) is 56.8 Å². The fourth-order valence-electron chi connectivity index (χ4n) is 2.32. The number of aromatic hydroxyl groups is 1. The first kappa shape index (κ1) is 16.0. The molecule has 0 spiro atoms. The maximum atomic E-state index is 12.5. The molecule has 8 heteroatoms. The van der Waals surface area contributed by atoms with Crippen LogP contribution in [0.15, 0.2) is 34.4 Å². The van der Waals surface area contributed by atoms with Gasteiger partial charge in [0.25, 0.3) is 11.5 Å². The summed E-state index contributed by atoms with van der Waals surface area (Å²) in [6.45, 7) is 1.93. The van der Waals surface area contributed by atoms with Gasteiger partial charge >= 0.3 is 0 Å². The average molecular weight is 345 g/mol. The third-order valence-electron chi connectivity index (χ3n) is 3.54. The standard InChI is InChI=1S/C16H15N3O4S/c1-9-8-24-16-18-14(21)12(15(22)19(9)16)13(20)17-7-10-4-3-5-11(6-10)23-2/h3-6,8,21H,7H2,1-2H3,(H,17,20). The SMILES string of the molecule is COc1cccc(CNC(=O)c2c(O)nc3scc(C)n3c2=O)c1. The Morgan fingerprint density at radius 2 is 2.25 bits per heavy atom. The van der Waals surface area contributed by atoms with Crippen LogP contribution in [0, 0.1) is 6.92 Å². The molecule has 0 unspecified atom stereocenters. The zero-order chi connectivity index (χ0) is 17.3. The molecule has 0 bridgehead atoms. The zero-order valence-corrected chi connectivity index (χ0v) is 13.9. The number of hydrogen-bond acceptors (Lipinski definition) is 6. The Balaban J connectivity index is 1.88. The van der Waals surface area contributed by atoms with Crippen molar-refractivity contribution in [1.29, 1.82) is 0 Å². The van der Waals surface area contributed by atoms with Crippen molar-refractivity contribution in [2.45, 2.75) is 13.5 Å². The van der Waals surface area contributed by atoms with E-state index in [-0.39, 0.29) is 12.1 Å². The number of ether oxygens (including phenoxy) is 1. The minimum Gasteiger partial charge on any atom is -0.497 e. The number of aryl methyl sites for hydroxylation is 1. The Bertz CT molecular complexity index is 977. The number of nitrogens with zero attached hydrogens (tertiary/aromatic N) is 2. The summed E-state index contributed by atoms with van der Waals surface area (Å²) in [6, 6.07) is 7.19. The van der Waals surface area contributed by atoms with Crippen molar-refractivity contribution in [1.82, 2.24) is 14.7 Å². The molecule has 1 amide bonds. The Kier molecular flexibility index (Phi) is 4.22. The summed E-state index contributed by atoms with van der Waals surface area (Å²) in [7, 11) is 1.56. The van der Waals surface area contributed by atoms with Gasteiger partial charge in [0.1, 0.15) is 5.75 Å². The van der Waals surface area contributed by atoms with Crippen molar-refractivity contribution in [2.24, 2.45) is 0 Å². The lowest BCUT2D eigenvalue weighted by Crippen LogP contribution is -2.31. The Labute approximate surface area is 141 Å². The van der Waals surface area contributed by atoms with Crippen molar-refractivity contribution in [3.8, 4) is 11.6 Å². The van der Waals surface area contributed by atoms with Crippen LogP contribution in [0.25, 0.3) is 4.96 Å². The number of aromatic nitrogens is 2. The average Bonchev–Trinajstić information content (AvgIpc) is 2.94. The highest BCUT2D eigenvalue weighted by atomic mass is 32.1. The van der Waals surface area contributed by atoms with E-state index in [9.17, 15) is 14.7 Å². The fraction of sp³-hybridized carbons (Fsp3) is 0.188. The van der Waals surface area contributed by atoms with Gasteiger partial charge in [-0.2, -0.15) is 4.98 Å². The summed E-state index contributed by atoms with van der Waals surface area (Å²) in [5.41, 5.74) is 0.522. The molecule has 0 saturated carbocycles. The van der Waals surface area contributed by atoms with Gasteiger partial charge in [-0.1, -0.05) is 12.1 Å². The van der Waals surface area contributed by atoms with Gasteiger partial charge in [0, 0.05) is 17.6 Å². The number of hydrogen-bond donors (Lipinski definition) is 2. The predicted molar refractivity (Wildman–Crippen MR) is 89.9 cm³/mol. The molecule has 1 aromatic carbocycles. The molecule has 3 rings (SSSR count). The molecule has 7 nitrogen and oxygen atoms in total. The van der Waals surface area contributed by atoms with Crippen molar-refractivity contribution < 1.29 is 14.6 Å². The van der Waals surface area contributed by atoms with Gasteiger partial charge in [-0.15, -0.1) is 11.3 Å². The van der Waals surface area contributed by atoms with Crippen LogP contribution >= 0.6 is 11.3 Å². The van der Waals surface area contributed by atoms with Crippen LogP contribution in [0.1, 0.15) is 21.6 Å². The van der Waals surface area contributed by atoms with Crippen LogP contribution in [-0.2, 0) is 6.54 Å². The van der Waals surface area contributed by atoms with E-state index in [4.69, 9.17) is 4.74 Å². The van der Waals surface area contributed by atoms with Crippen molar-refractivity contribution in [3.63, 3.8) is 0 Å². The Morgan fingerprint density at radius 3 is 3.00 bits per heavy atom. The highest BCUT2D eigenvalue weighted by Gasteiger charge is 2.21. The highest BCUT2D eigenvalue weighted by molar-refractivity contribution is 7.15. The van der Waals surface area contributed by atoms with Crippen LogP contribution < -0.4 is 15.6 Å². The number of carbonyl (C=O) groups excluding carboxylic acids is 1. The molecule has 2 heterocycles. The minimum atomic E-state index is -0.673. The first-order valence-corrected chi connectivity index (χ1v) is 8.00. The van der Waals surface area contributed by atoms with Gasteiger partial charge < -0.3 is 15.2 Å². The van der Waals surface area contributed by atoms with Gasteiger partial charge in [-0.3, -0.25) is 14.0 Å². The molecule has 0 atom stereocenters. The molecular weight excluding hydrogens is 330 g/mol. The quantitative estimate of drug-likeness (QED) is 0.751. The first-order valence-electron chi connectivity index (χ1n) is 7.12. The number of rotatable bonds is 4. The first-order chi connectivity index (χ1) is 11.5. The van der Waals surface area contributed by atoms with Crippen LogP contribution in [-0.4, -0.2) is 27.5 Å². The molecule has 0 aliphatic carbocycles. The molecule has 0 fully saturated rings. The third kappa shape index (κ3) is 2.83. The molecule has 0 saturated heterocycles. The lowest BCUT2D eigenvalue weighted by atomic mass is 10.2. The number of thiazole rings is 1. The van der Waals surface area contributed by atoms with Crippen LogP contribution in [0.4, 0.5) is 0 Å². The highest BCUT2D eigenvalue weighted by Crippen LogP contribution is 2.17. The van der Waals surface area contributed by atoms with E-state index in [2.05, 4.69) is 10.3 Å². The zero-order valence-electron chi connectivity index (χ0n) is 13.1. The van der Waals surface area contributed by atoms with E-state index < -0.39 is 17.3 Å². The molecule has 0 aliphatic heterocycles. The van der Waals surface area contributed by atoms with Gasteiger partial charge in [-0.05, 0) is 24.6 Å². The number of methoxy groups -OCH3 is 1. The topological polar surface area (TPSA) is 92.9 Å². The Hall–Kier alpha value is -2.87. The lowest BCUT2D eigenvalue weighted by Gasteiger charge is -2.08. The van der Waals surface area contributed by atoms with Gasteiger partial charge in [0.05, 0.1) is 7.11 Å². The second kappa shape index (κ2) is 6.32. The van der Waals surface area contributed by atoms with Gasteiger partial charge in [0.2, 0.25) is 5.88 Å². The summed E-state index contributed by atoms with van der Waals surface area (Å²) in [4.78, 5) is 29.1. The monoisotopic (exact) mass is 345 g/mol. The second-order valence-electron chi connectivity index (χ2n) is 5.14. The van der Waals surface area contributed by atoms with Gasteiger partial charge in [-0.25, -0.2) is 0 Å².